The largest absolute Gasteiger partial charge is 0.455 e. The zero-order valence-corrected chi connectivity index (χ0v) is 12.2. The fourth-order valence-electron chi connectivity index (χ4n) is 2.78. The summed E-state index contributed by atoms with van der Waals surface area (Å²) in [5.41, 5.74) is 3.26. The fourth-order valence-corrected chi connectivity index (χ4v) is 2.99. The monoisotopic (exact) mass is 307 g/mol. The molecule has 0 amide bonds. The van der Waals surface area contributed by atoms with Crippen LogP contribution in [0.25, 0.3) is 33.1 Å². The lowest BCUT2D eigenvalue weighted by Gasteiger charge is -2.06. The Morgan fingerprint density at radius 1 is 0.818 bits per heavy atom. The lowest BCUT2D eigenvalue weighted by Crippen LogP contribution is -1.81. The minimum Gasteiger partial charge on any atom is -0.455 e. The smallest absolute Gasteiger partial charge is 0.143 e. The third kappa shape index (κ3) is 1.83. The van der Waals surface area contributed by atoms with Crippen LogP contribution in [0.15, 0.2) is 70.3 Å². The van der Waals surface area contributed by atoms with Gasteiger partial charge in [0.15, 0.2) is 0 Å². The molecule has 0 atom stereocenters. The van der Waals surface area contributed by atoms with E-state index in [2.05, 4.69) is 5.18 Å². The first-order valence-corrected chi connectivity index (χ1v) is 7.20. The molecule has 0 N–H and O–H groups in total. The number of rotatable bonds is 2. The Morgan fingerprint density at radius 2 is 1.55 bits per heavy atom. The van der Waals surface area contributed by atoms with Gasteiger partial charge in [0.2, 0.25) is 0 Å². The van der Waals surface area contributed by atoms with Crippen LogP contribution in [-0.2, 0) is 0 Å². The van der Waals surface area contributed by atoms with E-state index in [4.69, 9.17) is 16.0 Å². The van der Waals surface area contributed by atoms with Gasteiger partial charge in [0, 0.05) is 21.9 Å². The van der Waals surface area contributed by atoms with E-state index >= 15 is 0 Å². The van der Waals surface area contributed by atoms with Crippen LogP contribution < -0.4 is 0 Å². The summed E-state index contributed by atoms with van der Waals surface area (Å²) in [5.74, 6) is 0. The van der Waals surface area contributed by atoms with E-state index in [0.717, 1.165) is 27.5 Å². The molecule has 4 heteroatoms. The van der Waals surface area contributed by atoms with Gasteiger partial charge in [-0.2, -0.15) is 0 Å². The third-order valence-corrected chi connectivity index (χ3v) is 4.08. The van der Waals surface area contributed by atoms with Gasteiger partial charge in [0.25, 0.3) is 0 Å². The molecule has 22 heavy (non-hydrogen) atoms. The lowest BCUT2D eigenvalue weighted by atomic mass is 10.0. The molecule has 0 spiro atoms. The van der Waals surface area contributed by atoms with Crippen molar-refractivity contribution >= 4 is 39.2 Å². The van der Waals surface area contributed by atoms with E-state index in [0.29, 0.717) is 10.6 Å². The highest BCUT2D eigenvalue weighted by atomic mass is 35.5. The number of para-hydroxylation sites is 2. The van der Waals surface area contributed by atoms with Gasteiger partial charge < -0.3 is 4.42 Å². The molecule has 0 aliphatic carbocycles. The molecule has 0 unspecified atom stereocenters. The van der Waals surface area contributed by atoms with E-state index in [-0.39, 0.29) is 5.69 Å². The average Bonchev–Trinajstić information content (AvgIpc) is 2.93. The Morgan fingerprint density at radius 3 is 2.41 bits per heavy atom. The number of halogens is 1. The summed E-state index contributed by atoms with van der Waals surface area (Å²) in [6.07, 6.45) is 0. The molecule has 1 aromatic heterocycles. The highest BCUT2D eigenvalue weighted by molar-refractivity contribution is 6.33. The van der Waals surface area contributed by atoms with Crippen molar-refractivity contribution < 1.29 is 4.42 Å². The van der Waals surface area contributed by atoms with Crippen LogP contribution in [0.3, 0.4) is 0 Å². The zero-order valence-electron chi connectivity index (χ0n) is 11.4. The van der Waals surface area contributed by atoms with Crippen molar-refractivity contribution in [2.45, 2.75) is 0 Å². The molecule has 106 valence electrons. The molecular weight excluding hydrogens is 298 g/mol. The van der Waals surface area contributed by atoms with Gasteiger partial charge in [0.1, 0.15) is 16.9 Å². The maximum absolute atomic E-state index is 11.2. The average molecular weight is 308 g/mol. The van der Waals surface area contributed by atoms with Crippen LogP contribution in [0.1, 0.15) is 0 Å². The molecule has 4 aromatic rings. The Kier molecular flexibility index (Phi) is 2.94. The first-order valence-electron chi connectivity index (χ1n) is 6.82. The normalized spacial score (nSPS) is 11.1. The predicted octanol–water partition coefficient (Wildman–Crippen LogP) is 6.30. The summed E-state index contributed by atoms with van der Waals surface area (Å²) in [4.78, 5) is 11.2. The van der Waals surface area contributed by atoms with Gasteiger partial charge in [-0.05, 0) is 17.3 Å². The number of hydrogen-bond donors (Lipinski definition) is 0. The maximum Gasteiger partial charge on any atom is 0.143 e. The van der Waals surface area contributed by atoms with Crippen LogP contribution >= 0.6 is 11.6 Å². The third-order valence-electron chi connectivity index (χ3n) is 3.77. The van der Waals surface area contributed by atoms with Gasteiger partial charge in [0.05, 0.1) is 5.02 Å². The number of nitrogens with zero attached hydrogens (tertiary/aromatic N) is 1. The number of hydrogen-bond acceptors (Lipinski definition) is 3. The van der Waals surface area contributed by atoms with E-state index in [1.807, 2.05) is 48.5 Å². The summed E-state index contributed by atoms with van der Waals surface area (Å²) >= 11 is 6.08. The first-order chi connectivity index (χ1) is 10.8. The summed E-state index contributed by atoms with van der Waals surface area (Å²) < 4.78 is 5.99. The van der Waals surface area contributed by atoms with Gasteiger partial charge in [-0.15, -0.1) is 4.91 Å². The molecular formula is C18H10ClNO2. The van der Waals surface area contributed by atoms with Gasteiger partial charge in [-0.1, -0.05) is 60.1 Å². The topological polar surface area (TPSA) is 42.6 Å². The van der Waals surface area contributed by atoms with Crippen molar-refractivity contribution in [1.82, 2.24) is 0 Å². The number of furan rings is 1. The maximum atomic E-state index is 11.2. The molecule has 1 heterocycles. The highest BCUT2D eigenvalue weighted by Gasteiger charge is 2.16. The van der Waals surface area contributed by atoms with E-state index in [1.165, 1.54) is 0 Å². The lowest BCUT2D eigenvalue weighted by molar-refractivity contribution is 0.670. The van der Waals surface area contributed by atoms with Gasteiger partial charge in [-0.3, -0.25) is 0 Å². The van der Waals surface area contributed by atoms with Crippen LogP contribution in [0, 0.1) is 4.91 Å². The van der Waals surface area contributed by atoms with Crippen molar-refractivity contribution in [2.24, 2.45) is 5.18 Å². The molecule has 0 bridgehead atoms. The molecule has 0 aliphatic rings. The summed E-state index contributed by atoms with van der Waals surface area (Å²) in [6.45, 7) is 0. The summed E-state index contributed by atoms with van der Waals surface area (Å²) in [7, 11) is 0. The molecule has 0 aliphatic heterocycles. The van der Waals surface area contributed by atoms with Crippen molar-refractivity contribution in [3.63, 3.8) is 0 Å². The van der Waals surface area contributed by atoms with E-state index < -0.39 is 0 Å². The Hall–Kier alpha value is -2.65. The van der Waals surface area contributed by atoms with Crippen LogP contribution in [0.4, 0.5) is 5.69 Å². The number of benzene rings is 3. The van der Waals surface area contributed by atoms with Crippen molar-refractivity contribution in [1.29, 1.82) is 0 Å². The van der Waals surface area contributed by atoms with Crippen LogP contribution in [0.5, 0.6) is 0 Å². The second kappa shape index (κ2) is 4.97. The zero-order chi connectivity index (χ0) is 15.1. The SMILES string of the molecule is O=Nc1c(Cl)cccc1-c1cccc2c1oc1ccccc12. The molecule has 4 rings (SSSR count). The minimum absolute atomic E-state index is 0.233. The van der Waals surface area contributed by atoms with Crippen LogP contribution in [0.2, 0.25) is 5.02 Å². The molecule has 0 saturated heterocycles. The highest BCUT2D eigenvalue weighted by Crippen LogP contribution is 2.41. The van der Waals surface area contributed by atoms with E-state index in [1.54, 1.807) is 12.1 Å². The predicted molar refractivity (Wildman–Crippen MR) is 89.6 cm³/mol. The molecule has 0 radical (unpaired) electrons. The Labute approximate surface area is 131 Å². The van der Waals surface area contributed by atoms with Crippen molar-refractivity contribution in [3.8, 4) is 11.1 Å². The van der Waals surface area contributed by atoms with Crippen molar-refractivity contribution in [2.75, 3.05) is 0 Å². The molecule has 3 aromatic carbocycles. The first kappa shape index (κ1) is 13.0. The van der Waals surface area contributed by atoms with Gasteiger partial charge in [-0.25, -0.2) is 0 Å². The van der Waals surface area contributed by atoms with Crippen LogP contribution in [-0.4, -0.2) is 0 Å². The summed E-state index contributed by atoms with van der Waals surface area (Å²) in [6, 6.07) is 19.0. The standard InChI is InChI=1S/C18H10ClNO2/c19-15-9-4-6-12(17(15)20-21)14-8-3-7-13-11-5-1-2-10-16(11)22-18(13)14/h1-10H. The second-order valence-electron chi connectivity index (χ2n) is 5.01. The minimum atomic E-state index is 0.233. The van der Waals surface area contributed by atoms with Gasteiger partial charge >= 0.3 is 0 Å². The number of nitroso groups, excluding NO2 is 1. The second-order valence-corrected chi connectivity index (χ2v) is 5.41. The Balaban J connectivity index is 2.12. The molecule has 0 saturated carbocycles. The fraction of sp³-hybridized carbons (Fsp3) is 0. The number of fused-ring (bicyclic) bond motifs is 3. The van der Waals surface area contributed by atoms with Crippen molar-refractivity contribution in [3.05, 3.63) is 70.6 Å². The Bertz CT molecular complexity index is 1020. The quantitative estimate of drug-likeness (QED) is 0.407. The van der Waals surface area contributed by atoms with E-state index in [9.17, 15) is 4.91 Å². The molecule has 3 nitrogen and oxygen atoms in total. The molecule has 0 fully saturated rings. The summed E-state index contributed by atoms with van der Waals surface area (Å²) in [5, 5.41) is 5.47.